The molecular formula is C16H14N4. The third kappa shape index (κ3) is 2.67. The van der Waals surface area contributed by atoms with E-state index in [4.69, 9.17) is 0 Å². The molecule has 4 heteroatoms. The standard InChI is InChI=1S/C16H14N4/c1-13-12-20-16(9-11-18-20)19-15(13)8-3-2-6-14-7-4-5-10-17-14/h4-5,7,9-12H,3,8H2,1H3. The van der Waals surface area contributed by atoms with Crippen molar-refractivity contribution in [3.8, 4) is 11.8 Å². The summed E-state index contributed by atoms with van der Waals surface area (Å²) in [4.78, 5) is 8.77. The number of pyridine rings is 1. The second kappa shape index (κ2) is 5.54. The molecule has 0 amide bonds. The van der Waals surface area contributed by atoms with E-state index < -0.39 is 0 Å². The van der Waals surface area contributed by atoms with Gasteiger partial charge in [0.25, 0.3) is 0 Å². The van der Waals surface area contributed by atoms with Gasteiger partial charge in [-0.3, -0.25) is 0 Å². The Morgan fingerprint density at radius 3 is 3.00 bits per heavy atom. The maximum atomic E-state index is 4.60. The molecule has 0 saturated carbocycles. The second-order valence-corrected chi connectivity index (χ2v) is 4.52. The SMILES string of the molecule is Cc1cn2nccc2nc1CCC#Cc1ccccn1. The molecule has 0 saturated heterocycles. The van der Waals surface area contributed by atoms with Crippen molar-refractivity contribution >= 4 is 5.65 Å². The monoisotopic (exact) mass is 262 g/mol. The van der Waals surface area contributed by atoms with E-state index in [1.807, 2.05) is 30.5 Å². The van der Waals surface area contributed by atoms with Gasteiger partial charge in [-0.05, 0) is 30.5 Å². The number of aromatic nitrogens is 4. The van der Waals surface area contributed by atoms with Crippen LogP contribution < -0.4 is 0 Å². The molecule has 3 heterocycles. The molecule has 20 heavy (non-hydrogen) atoms. The van der Waals surface area contributed by atoms with Crippen LogP contribution in [0.1, 0.15) is 23.4 Å². The topological polar surface area (TPSA) is 43.1 Å². The predicted molar refractivity (Wildman–Crippen MR) is 77.2 cm³/mol. The van der Waals surface area contributed by atoms with Gasteiger partial charge in [-0.1, -0.05) is 12.0 Å². The fraction of sp³-hybridized carbons (Fsp3) is 0.188. The zero-order chi connectivity index (χ0) is 13.8. The van der Waals surface area contributed by atoms with Gasteiger partial charge < -0.3 is 0 Å². The first-order valence-corrected chi connectivity index (χ1v) is 6.53. The number of fused-ring (bicyclic) bond motifs is 1. The summed E-state index contributed by atoms with van der Waals surface area (Å²) in [6.07, 6.45) is 7.13. The molecule has 0 bridgehead atoms. The Morgan fingerprint density at radius 2 is 2.15 bits per heavy atom. The molecule has 0 spiro atoms. The number of aryl methyl sites for hydroxylation is 2. The van der Waals surface area contributed by atoms with Crippen LogP contribution in [0.4, 0.5) is 0 Å². The van der Waals surface area contributed by atoms with Crippen LogP contribution in [-0.4, -0.2) is 19.6 Å². The van der Waals surface area contributed by atoms with Crippen LogP contribution in [0.2, 0.25) is 0 Å². The Labute approximate surface area is 117 Å². The molecule has 0 aromatic carbocycles. The van der Waals surface area contributed by atoms with Gasteiger partial charge in [0, 0.05) is 37.0 Å². The molecule has 3 aromatic rings. The molecule has 0 aliphatic rings. The van der Waals surface area contributed by atoms with Crippen LogP contribution in [0.5, 0.6) is 0 Å². The lowest BCUT2D eigenvalue weighted by Gasteiger charge is -2.03. The summed E-state index contributed by atoms with van der Waals surface area (Å²) in [5.74, 6) is 6.20. The van der Waals surface area contributed by atoms with E-state index in [1.165, 1.54) is 0 Å². The number of hydrogen-bond acceptors (Lipinski definition) is 3. The molecule has 3 rings (SSSR count). The lowest BCUT2D eigenvalue weighted by molar-refractivity contribution is 0.877. The first-order chi connectivity index (χ1) is 9.83. The summed E-state index contributed by atoms with van der Waals surface area (Å²) in [5, 5.41) is 4.17. The van der Waals surface area contributed by atoms with E-state index in [1.54, 1.807) is 16.9 Å². The molecule has 0 unspecified atom stereocenters. The number of nitrogens with zero attached hydrogens (tertiary/aromatic N) is 4. The van der Waals surface area contributed by atoms with Crippen molar-refractivity contribution < 1.29 is 0 Å². The average Bonchev–Trinajstić information content (AvgIpc) is 2.91. The van der Waals surface area contributed by atoms with E-state index >= 15 is 0 Å². The zero-order valence-electron chi connectivity index (χ0n) is 11.2. The lowest BCUT2D eigenvalue weighted by Crippen LogP contribution is -1.99. The minimum Gasteiger partial charge on any atom is -0.248 e. The Hall–Kier alpha value is -2.67. The maximum Gasteiger partial charge on any atom is 0.155 e. The molecule has 3 aromatic heterocycles. The van der Waals surface area contributed by atoms with Gasteiger partial charge in [0.15, 0.2) is 5.65 Å². The van der Waals surface area contributed by atoms with E-state index in [-0.39, 0.29) is 0 Å². The summed E-state index contributed by atoms with van der Waals surface area (Å²) in [7, 11) is 0. The molecule has 0 fully saturated rings. The Kier molecular flexibility index (Phi) is 3.42. The van der Waals surface area contributed by atoms with Crippen LogP contribution in [0.25, 0.3) is 5.65 Å². The van der Waals surface area contributed by atoms with Crippen molar-refractivity contribution in [2.75, 3.05) is 0 Å². The van der Waals surface area contributed by atoms with Crippen molar-refractivity contribution in [2.24, 2.45) is 0 Å². The van der Waals surface area contributed by atoms with Gasteiger partial charge in [0.05, 0.1) is 6.20 Å². The normalized spacial score (nSPS) is 10.2. The van der Waals surface area contributed by atoms with Crippen molar-refractivity contribution in [1.29, 1.82) is 0 Å². The summed E-state index contributed by atoms with van der Waals surface area (Å²) in [5.41, 5.74) is 3.90. The third-order valence-corrected chi connectivity index (χ3v) is 3.04. The van der Waals surface area contributed by atoms with Crippen molar-refractivity contribution in [3.63, 3.8) is 0 Å². The molecular weight excluding hydrogens is 248 g/mol. The third-order valence-electron chi connectivity index (χ3n) is 3.04. The van der Waals surface area contributed by atoms with Crippen LogP contribution >= 0.6 is 0 Å². The molecule has 0 N–H and O–H groups in total. The highest BCUT2D eigenvalue weighted by Gasteiger charge is 2.03. The Balaban J connectivity index is 1.71. The highest BCUT2D eigenvalue weighted by Crippen LogP contribution is 2.09. The largest absolute Gasteiger partial charge is 0.248 e. The van der Waals surface area contributed by atoms with E-state index in [9.17, 15) is 0 Å². The van der Waals surface area contributed by atoms with Crippen molar-refractivity contribution in [2.45, 2.75) is 19.8 Å². The summed E-state index contributed by atoms with van der Waals surface area (Å²) in [6, 6.07) is 7.65. The molecule has 0 aliphatic heterocycles. The van der Waals surface area contributed by atoms with Gasteiger partial charge in [-0.2, -0.15) is 5.10 Å². The highest BCUT2D eigenvalue weighted by molar-refractivity contribution is 5.39. The van der Waals surface area contributed by atoms with E-state index in [0.717, 1.165) is 35.4 Å². The summed E-state index contributed by atoms with van der Waals surface area (Å²) >= 11 is 0. The smallest absolute Gasteiger partial charge is 0.155 e. The molecule has 0 radical (unpaired) electrons. The fourth-order valence-electron chi connectivity index (χ4n) is 2.00. The molecule has 98 valence electrons. The second-order valence-electron chi connectivity index (χ2n) is 4.52. The molecule has 0 atom stereocenters. The van der Waals surface area contributed by atoms with Crippen molar-refractivity contribution in [1.82, 2.24) is 19.6 Å². The van der Waals surface area contributed by atoms with Crippen LogP contribution in [-0.2, 0) is 6.42 Å². The Morgan fingerprint density at radius 1 is 1.20 bits per heavy atom. The van der Waals surface area contributed by atoms with Gasteiger partial charge in [-0.25, -0.2) is 14.5 Å². The van der Waals surface area contributed by atoms with Crippen molar-refractivity contribution in [3.05, 3.63) is 59.8 Å². The average molecular weight is 262 g/mol. The maximum absolute atomic E-state index is 4.60. The summed E-state index contributed by atoms with van der Waals surface area (Å²) in [6.45, 7) is 2.05. The first-order valence-electron chi connectivity index (χ1n) is 6.53. The zero-order valence-corrected chi connectivity index (χ0v) is 11.2. The minimum absolute atomic E-state index is 0.773. The number of hydrogen-bond donors (Lipinski definition) is 0. The van der Waals surface area contributed by atoms with Crippen LogP contribution in [0.3, 0.4) is 0 Å². The van der Waals surface area contributed by atoms with E-state index in [2.05, 4.69) is 33.8 Å². The molecule has 0 aliphatic carbocycles. The van der Waals surface area contributed by atoms with Gasteiger partial charge in [0.2, 0.25) is 0 Å². The Bertz CT molecular complexity index is 778. The quantitative estimate of drug-likeness (QED) is 0.666. The van der Waals surface area contributed by atoms with Gasteiger partial charge in [0.1, 0.15) is 5.69 Å². The van der Waals surface area contributed by atoms with E-state index in [0.29, 0.717) is 0 Å². The van der Waals surface area contributed by atoms with Gasteiger partial charge in [-0.15, -0.1) is 0 Å². The number of rotatable bonds is 2. The predicted octanol–water partition coefficient (Wildman–Crippen LogP) is 2.42. The summed E-state index contributed by atoms with van der Waals surface area (Å²) < 4.78 is 1.79. The van der Waals surface area contributed by atoms with Crippen LogP contribution in [0, 0.1) is 18.8 Å². The fourth-order valence-corrected chi connectivity index (χ4v) is 2.00. The first kappa shape index (κ1) is 12.4. The molecule has 4 nitrogen and oxygen atoms in total. The highest BCUT2D eigenvalue weighted by atomic mass is 15.2. The van der Waals surface area contributed by atoms with Crippen LogP contribution in [0.15, 0.2) is 42.9 Å². The lowest BCUT2D eigenvalue weighted by atomic mass is 10.1. The van der Waals surface area contributed by atoms with Gasteiger partial charge >= 0.3 is 0 Å². The minimum atomic E-state index is 0.773.